The molecule has 1 amide bonds. The van der Waals surface area contributed by atoms with E-state index >= 15 is 0 Å². The minimum Gasteiger partial charge on any atom is -0.448 e. The highest BCUT2D eigenvalue weighted by Gasteiger charge is 2.30. The number of esters is 1. The van der Waals surface area contributed by atoms with Gasteiger partial charge in [0.05, 0.1) is 12.2 Å². The first-order valence-electron chi connectivity index (χ1n) is 7.86. The number of anilines is 1. The molecular weight excluding hydrogens is 330 g/mol. The number of ether oxygens (including phenoxy) is 2. The van der Waals surface area contributed by atoms with E-state index < -0.39 is 12.1 Å². The Bertz CT molecular complexity index is 594. The van der Waals surface area contributed by atoms with Crippen LogP contribution in [-0.4, -0.2) is 59.7 Å². The molecule has 2 heterocycles. The van der Waals surface area contributed by atoms with Crippen LogP contribution in [0.25, 0.3) is 0 Å². The van der Waals surface area contributed by atoms with Gasteiger partial charge in [0.1, 0.15) is 0 Å². The highest BCUT2D eigenvalue weighted by molar-refractivity contribution is 7.13. The largest absolute Gasteiger partial charge is 0.448 e. The quantitative estimate of drug-likeness (QED) is 0.622. The van der Waals surface area contributed by atoms with E-state index in [0.717, 1.165) is 0 Å². The summed E-state index contributed by atoms with van der Waals surface area (Å²) in [6.45, 7) is 10.6. The van der Waals surface area contributed by atoms with E-state index in [9.17, 15) is 9.59 Å². The number of morpholine rings is 1. The number of carbonyl (C=O) groups excluding carboxylic acids is 2. The normalized spacial score (nSPS) is 21.9. The zero-order chi connectivity index (χ0) is 17.7. The Morgan fingerprint density at radius 3 is 2.83 bits per heavy atom. The number of nitrogens with one attached hydrogen (secondary N) is 1. The van der Waals surface area contributed by atoms with E-state index in [0.29, 0.717) is 24.8 Å². The van der Waals surface area contributed by atoms with Gasteiger partial charge in [-0.15, -0.1) is 17.9 Å². The third-order valence-electron chi connectivity index (χ3n) is 3.47. The number of hydrogen-bond donors (Lipinski definition) is 1. The van der Waals surface area contributed by atoms with Crippen LogP contribution in [0, 0.1) is 0 Å². The number of amides is 1. The fourth-order valence-electron chi connectivity index (χ4n) is 2.49. The molecule has 3 unspecified atom stereocenters. The molecule has 0 spiro atoms. The first kappa shape index (κ1) is 18.4. The number of aromatic nitrogens is 1. The van der Waals surface area contributed by atoms with Gasteiger partial charge in [-0.2, -0.15) is 0 Å². The third-order valence-corrected chi connectivity index (χ3v) is 4.27. The molecule has 0 aliphatic carbocycles. The van der Waals surface area contributed by atoms with Crippen molar-refractivity contribution in [3.05, 3.63) is 23.7 Å². The predicted octanol–water partition coefficient (Wildman–Crippen LogP) is 1.92. The van der Waals surface area contributed by atoms with Crippen molar-refractivity contribution < 1.29 is 19.1 Å². The molecule has 0 aromatic carbocycles. The zero-order valence-electron chi connectivity index (χ0n) is 14.2. The molecule has 0 radical (unpaired) electrons. The van der Waals surface area contributed by atoms with Crippen molar-refractivity contribution in [2.75, 3.05) is 25.0 Å². The minimum absolute atomic E-state index is 0.0300. The van der Waals surface area contributed by atoms with Crippen LogP contribution in [0.15, 0.2) is 18.0 Å². The van der Waals surface area contributed by atoms with E-state index in [2.05, 4.69) is 16.9 Å². The standard InChI is InChI=1S/C16H23N3O4S/c1-5-6-17-16-18-13(9-24-16)15(21)23-12(4)14(20)19-7-10(2)22-11(3)8-19/h5,9-12H,1,6-8H2,2-4H3,(H,17,18). The van der Waals surface area contributed by atoms with E-state index in [4.69, 9.17) is 9.47 Å². The number of thiazole rings is 1. The molecule has 24 heavy (non-hydrogen) atoms. The van der Waals surface area contributed by atoms with E-state index in [1.165, 1.54) is 11.3 Å². The summed E-state index contributed by atoms with van der Waals surface area (Å²) < 4.78 is 10.9. The van der Waals surface area contributed by atoms with Gasteiger partial charge in [-0.25, -0.2) is 9.78 Å². The van der Waals surface area contributed by atoms with Gasteiger partial charge in [0.15, 0.2) is 16.9 Å². The summed E-state index contributed by atoms with van der Waals surface area (Å²) in [5.74, 6) is -0.821. The van der Waals surface area contributed by atoms with E-state index in [-0.39, 0.29) is 23.8 Å². The van der Waals surface area contributed by atoms with E-state index in [1.54, 1.807) is 23.3 Å². The Hall–Kier alpha value is -1.93. The van der Waals surface area contributed by atoms with Crippen LogP contribution in [0.5, 0.6) is 0 Å². The highest BCUT2D eigenvalue weighted by Crippen LogP contribution is 2.17. The summed E-state index contributed by atoms with van der Waals surface area (Å²) in [6, 6.07) is 0. The summed E-state index contributed by atoms with van der Waals surface area (Å²) in [5, 5.41) is 5.21. The number of nitrogens with zero attached hydrogens (tertiary/aromatic N) is 2. The van der Waals surface area contributed by atoms with Crippen molar-refractivity contribution in [2.24, 2.45) is 0 Å². The summed E-state index contributed by atoms with van der Waals surface area (Å²) in [5.41, 5.74) is 0.190. The van der Waals surface area contributed by atoms with Crippen molar-refractivity contribution in [2.45, 2.75) is 39.1 Å². The lowest BCUT2D eigenvalue weighted by molar-refractivity contribution is -0.151. The Labute approximate surface area is 145 Å². The van der Waals surface area contributed by atoms with Crippen LogP contribution in [0.3, 0.4) is 0 Å². The molecule has 132 valence electrons. The molecule has 7 nitrogen and oxygen atoms in total. The van der Waals surface area contributed by atoms with Gasteiger partial charge in [-0.3, -0.25) is 4.79 Å². The molecule has 0 saturated carbocycles. The van der Waals surface area contributed by atoms with Crippen molar-refractivity contribution >= 4 is 28.3 Å². The molecule has 1 aliphatic rings. The second-order valence-electron chi connectivity index (χ2n) is 5.76. The summed E-state index contributed by atoms with van der Waals surface area (Å²) in [6.07, 6.45) is 0.779. The number of hydrogen-bond acceptors (Lipinski definition) is 7. The maximum absolute atomic E-state index is 12.5. The lowest BCUT2D eigenvalue weighted by Crippen LogP contribution is -2.51. The maximum atomic E-state index is 12.5. The number of rotatable bonds is 6. The maximum Gasteiger partial charge on any atom is 0.358 e. The van der Waals surface area contributed by atoms with Crippen LogP contribution in [-0.2, 0) is 14.3 Å². The molecule has 1 saturated heterocycles. The van der Waals surface area contributed by atoms with Gasteiger partial charge < -0.3 is 19.7 Å². The molecule has 8 heteroatoms. The average Bonchev–Trinajstić information content (AvgIpc) is 3.00. The molecule has 1 aromatic heterocycles. The number of carbonyl (C=O) groups is 2. The fourth-order valence-corrected chi connectivity index (χ4v) is 3.18. The van der Waals surface area contributed by atoms with Gasteiger partial charge in [-0.1, -0.05) is 6.08 Å². The lowest BCUT2D eigenvalue weighted by Gasteiger charge is -2.36. The molecule has 1 N–H and O–H groups in total. The topological polar surface area (TPSA) is 80.8 Å². The van der Waals surface area contributed by atoms with Crippen molar-refractivity contribution in [3.63, 3.8) is 0 Å². The van der Waals surface area contributed by atoms with Gasteiger partial charge in [0, 0.05) is 25.0 Å². The Balaban J connectivity index is 1.91. The SMILES string of the molecule is C=CCNc1nc(C(=O)OC(C)C(=O)N2CC(C)OC(C)C2)cs1. The first-order valence-corrected chi connectivity index (χ1v) is 8.74. The second kappa shape index (κ2) is 8.25. The first-order chi connectivity index (χ1) is 11.4. The lowest BCUT2D eigenvalue weighted by atomic mass is 10.2. The zero-order valence-corrected chi connectivity index (χ0v) is 15.0. The van der Waals surface area contributed by atoms with Crippen LogP contribution in [0.2, 0.25) is 0 Å². The molecule has 2 rings (SSSR count). The second-order valence-corrected chi connectivity index (χ2v) is 6.61. The Morgan fingerprint density at radius 2 is 2.21 bits per heavy atom. The smallest absolute Gasteiger partial charge is 0.358 e. The summed E-state index contributed by atoms with van der Waals surface area (Å²) in [4.78, 5) is 30.4. The van der Waals surface area contributed by atoms with Crippen molar-refractivity contribution in [1.82, 2.24) is 9.88 Å². The van der Waals surface area contributed by atoms with Gasteiger partial charge in [-0.05, 0) is 20.8 Å². The molecule has 1 aliphatic heterocycles. The average molecular weight is 353 g/mol. The molecule has 1 fully saturated rings. The van der Waals surface area contributed by atoms with Crippen LogP contribution in [0.4, 0.5) is 5.13 Å². The monoisotopic (exact) mass is 353 g/mol. The molecule has 0 bridgehead atoms. The van der Waals surface area contributed by atoms with Gasteiger partial charge in [0.2, 0.25) is 0 Å². The fraction of sp³-hybridized carbons (Fsp3) is 0.562. The van der Waals surface area contributed by atoms with Crippen molar-refractivity contribution in [1.29, 1.82) is 0 Å². The molecule has 3 atom stereocenters. The third kappa shape index (κ3) is 4.78. The van der Waals surface area contributed by atoms with Crippen LogP contribution >= 0.6 is 11.3 Å². The van der Waals surface area contributed by atoms with Crippen LogP contribution < -0.4 is 5.32 Å². The highest BCUT2D eigenvalue weighted by atomic mass is 32.1. The van der Waals surface area contributed by atoms with Gasteiger partial charge >= 0.3 is 5.97 Å². The Morgan fingerprint density at radius 1 is 1.54 bits per heavy atom. The Kier molecular flexibility index (Phi) is 6.33. The van der Waals surface area contributed by atoms with Crippen molar-refractivity contribution in [3.8, 4) is 0 Å². The molecule has 1 aromatic rings. The van der Waals surface area contributed by atoms with Crippen LogP contribution in [0.1, 0.15) is 31.3 Å². The molecular formula is C16H23N3O4S. The summed E-state index contributed by atoms with van der Waals surface area (Å²) >= 11 is 1.30. The van der Waals surface area contributed by atoms with Gasteiger partial charge in [0.25, 0.3) is 5.91 Å². The summed E-state index contributed by atoms with van der Waals surface area (Å²) in [7, 11) is 0. The van der Waals surface area contributed by atoms with E-state index in [1.807, 2.05) is 13.8 Å². The minimum atomic E-state index is -0.860. The predicted molar refractivity (Wildman–Crippen MR) is 92.3 cm³/mol.